The lowest BCUT2D eigenvalue weighted by atomic mass is 9.46. The lowest BCUT2D eigenvalue weighted by Gasteiger charge is -2.59. The average molecular weight is 473 g/mol. The summed E-state index contributed by atoms with van der Waals surface area (Å²) < 4.78 is 0. The molecule has 0 saturated heterocycles. The summed E-state index contributed by atoms with van der Waals surface area (Å²) in [5.41, 5.74) is 2.35. The largest absolute Gasteiger partial charge is 0.481 e. The van der Waals surface area contributed by atoms with Gasteiger partial charge >= 0.3 is 5.97 Å². The van der Waals surface area contributed by atoms with Gasteiger partial charge in [-0.05, 0) is 110 Å². The van der Waals surface area contributed by atoms with Gasteiger partial charge in [-0.15, -0.1) is 0 Å². The fraction of sp³-hybridized carbons (Fsp3) is 0.903. The van der Waals surface area contributed by atoms with E-state index in [-0.39, 0.29) is 17.9 Å². The number of allylic oxidation sites excluding steroid dienone is 2. The van der Waals surface area contributed by atoms with Crippen molar-refractivity contribution in [3.8, 4) is 0 Å². The van der Waals surface area contributed by atoms with Crippen LogP contribution in [0, 0.1) is 58.2 Å². The smallest absolute Gasteiger partial charge is 0.306 e. The number of aliphatic hydroxyl groups excluding tert-OH is 1. The van der Waals surface area contributed by atoms with Crippen LogP contribution in [0.15, 0.2) is 11.6 Å². The molecule has 0 bridgehead atoms. The minimum atomic E-state index is -0.718. The van der Waals surface area contributed by atoms with E-state index in [9.17, 15) is 15.0 Å². The molecule has 34 heavy (non-hydrogen) atoms. The number of carboxylic acids is 1. The molecule has 1 unspecified atom stereocenters. The molecule has 9 atom stereocenters. The first-order chi connectivity index (χ1) is 16.1. The van der Waals surface area contributed by atoms with Crippen molar-refractivity contribution in [3.63, 3.8) is 0 Å². The fourth-order valence-electron chi connectivity index (χ4n) is 9.76. The standard InChI is InChI=1S/C31H52O3/c1-20(2)7-6-8-21(3)26-11-12-27-25-10-9-23-19-22(24(15-18-32)29(33)34)13-16-30(23,4)28(25)14-17-31(26,27)5/h9,20-22,24-28,32H,6-8,10-19H2,1-5H3,(H,33,34)/t21-,22+,24?,25+,26-,27+,28+,30+,31-/m1/s1. The molecule has 194 valence electrons. The highest BCUT2D eigenvalue weighted by atomic mass is 16.4. The Balaban J connectivity index is 1.47. The predicted octanol–water partition coefficient (Wildman–Crippen LogP) is 7.73. The Bertz CT molecular complexity index is 756. The number of aliphatic carboxylic acids is 1. The van der Waals surface area contributed by atoms with Crippen molar-refractivity contribution in [2.24, 2.45) is 58.2 Å². The molecule has 3 heteroatoms. The third-order valence-corrected chi connectivity index (χ3v) is 11.7. The molecule has 0 heterocycles. The first kappa shape index (κ1) is 26.2. The molecule has 2 N–H and O–H groups in total. The van der Waals surface area contributed by atoms with E-state index in [2.05, 4.69) is 40.7 Å². The van der Waals surface area contributed by atoms with Crippen LogP contribution >= 0.6 is 0 Å². The van der Waals surface area contributed by atoms with Crippen molar-refractivity contribution in [1.29, 1.82) is 0 Å². The molecule has 3 fully saturated rings. The van der Waals surface area contributed by atoms with Crippen LogP contribution in [0.4, 0.5) is 0 Å². The van der Waals surface area contributed by atoms with E-state index in [0.29, 0.717) is 11.8 Å². The Morgan fingerprint density at radius 1 is 1.03 bits per heavy atom. The predicted molar refractivity (Wildman–Crippen MR) is 139 cm³/mol. The summed E-state index contributed by atoms with van der Waals surface area (Å²) in [5.74, 6) is 4.13. The van der Waals surface area contributed by atoms with Gasteiger partial charge < -0.3 is 10.2 Å². The zero-order valence-corrected chi connectivity index (χ0v) is 22.7. The lowest BCUT2D eigenvalue weighted by molar-refractivity contribution is -0.145. The van der Waals surface area contributed by atoms with E-state index < -0.39 is 11.9 Å². The number of aliphatic hydroxyl groups is 1. The maximum Gasteiger partial charge on any atom is 0.306 e. The Morgan fingerprint density at radius 2 is 1.79 bits per heavy atom. The number of hydrogen-bond donors (Lipinski definition) is 2. The van der Waals surface area contributed by atoms with Gasteiger partial charge in [0.1, 0.15) is 0 Å². The molecule has 3 saturated carbocycles. The third-order valence-electron chi connectivity index (χ3n) is 11.7. The van der Waals surface area contributed by atoms with Crippen LogP contribution in [-0.4, -0.2) is 22.8 Å². The lowest BCUT2D eigenvalue weighted by Crippen LogP contribution is -2.51. The summed E-state index contributed by atoms with van der Waals surface area (Å²) in [6.45, 7) is 12.4. The van der Waals surface area contributed by atoms with Gasteiger partial charge in [-0.25, -0.2) is 0 Å². The number of hydrogen-bond acceptors (Lipinski definition) is 2. The van der Waals surface area contributed by atoms with Crippen LogP contribution in [0.2, 0.25) is 0 Å². The van der Waals surface area contributed by atoms with Crippen LogP contribution < -0.4 is 0 Å². The Kier molecular flexibility index (Phi) is 7.92. The Morgan fingerprint density at radius 3 is 2.47 bits per heavy atom. The molecule has 0 amide bonds. The van der Waals surface area contributed by atoms with Crippen LogP contribution in [-0.2, 0) is 4.79 Å². The second kappa shape index (κ2) is 10.3. The van der Waals surface area contributed by atoms with Gasteiger partial charge in [0.25, 0.3) is 0 Å². The number of rotatable bonds is 9. The molecule has 0 aromatic rings. The number of carboxylic acid groups (broad SMARTS) is 1. The molecule has 0 aromatic carbocycles. The quantitative estimate of drug-likeness (QED) is 0.338. The van der Waals surface area contributed by atoms with Gasteiger partial charge in [-0.2, -0.15) is 0 Å². The van der Waals surface area contributed by atoms with Crippen molar-refractivity contribution in [1.82, 2.24) is 0 Å². The topological polar surface area (TPSA) is 57.5 Å². The van der Waals surface area contributed by atoms with E-state index in [4.69, 9.17) is 0 Å². The molecule has 4 aliphatic rings. The number of carbonyl (C=O) groups is 1. The van der Waals surface area contributed by atoms with E-state index in [1.54, 1.807) is 5.57 Å². The zero-order chi connectivity index (χ0) is 24.7. The molecular weight excluding hydrogens is 420 g/mol. The van der Waals surface area contributed by atoms with Crippen molar-refractivity contribution in [2.75, 3.05) is 6.61 Å². The summed E-state index contributed by atoms with van der Waals surface area (Å²) in [5, 5.41) is 19.2. The Labute approximate surface area is 209 Å². The molecule has 0 aromatic heterocycles. The Hall–Kier alpha value is -0.830. The normalized spacial score (nSPS) is 41.3. The summed E-state index contributed by atoms with van der Waals surface area (Å²) in [6, 6.07) is 0. The van der Waals surface area contributed by atoms with E-state index in [1.165, 1.54) is 51.4 Å². The zero-order valence-electron chi connectivity index (χ0n) is 22.7. The average Bonchev–Trinajstić information content (AvgIpc) is 3.14. The number of fused-ring (bicyclic) bond motifs is 5. The minimum Gasteiger partial charge on any atom is -0.481 e. The molecule has 4 rings (SSSR count). The fourth-order valence-corrected chi connectivity index (χ4v) is 9.76. The van der Waals surface area contributed by atoms with Gasteiger partial charge in [0.15, 0.2) is 0 Å². The maximum absolute atomic E-state index is 11.9. The van der Waals surface area contributed by atoms with Crippen molar-refractivity contribution in [2.45, 2.75) is 112 Å². The van der Waals surface area contributed by atoms with Crippen molar-refractivity contribution < 1.29 is 15.0 Å². The second-order valence-corrected chi connectivity index (χ2v) is 13.7. The van der Waals surface area contributed by atoms with Crippen LogP contribution in [0.3, 0.4) is 0 Å². The molecule has 4 aliphatic carbocycles. The summed E-state index contributed by atoms with van der Waals surface area (Å²) >= 11 is 0. The summed E-state index contributed by atoms with van der Waals surface area (Å²) in [4.78, 5) is 11.9. The van der Waals surface area contributed by atoms with E-state index >= 15 is 0 Å². The van der Waals surface area contributed by atoms with Crippen LogP contribution in [0.25, 0.3) is 0 Å². The molecule has 0 radical (unpaired) electrons. The first-order valence-corrected chi connectivity index (χ1v) is 14.6. The highest BCUT2D eigenvalue weighted by molar-refractivity contribution is 5.70. The van der Waals surface area contributed by atoms with Crippen LogP contribution in [0.1, 0.15) is 112 Å². The maximum atomic E-state index is 11.9. The van der Waals surface area contributed by atoms with E-state index in [0.717, 1.165) is 54.8 Å². The van der Waals surface area contributed by atoms with Crippen molar-refractivity contribution in [3.05, 3.63) is 11.6 Å². The van der Waals surface area contributed by atoms with Crippen LogP contribution in [0.5, 0.6) is 0 Å². The highest BCUT2D eigenvalue weighted by Gasteiger charge is 2.59. The van der Waals surface area contributed by atoms with Gasteiger partial charge in [-0.1, -0.05) is 65.5 Å². The summed E-state index contributed by atoms with van der Waals surface area (Å²) in [7, 11) is 0. The van der Waals surface area contributed by atoms with Gasteiger partial charge in [0, 0.05) is 6.61 Å². The monoisotopic (exact) mass is 472 g/mol. The minimum absolute atomic E-state index is 0.0220. The summed E-state index contributed by atoms with van der Waals surface area (Å²) in [6.07, 6.45) is 17.0. The molecular formula is C31H52O3. The van der Waals surface area contributed by atoms with Gasteiger partial charge in [0.05, 0.1) is 5.92 Å². The highest BCUT2D eigenvalue weighted by Crippen LogP contribution is 2.67. The second-order valence-electron chi connectivity index (χ2n) is 13.7. The third kappa shape index (κ3) is 4.64. The first-order valence-electron chi connectivity index (χ1n) is 14.6. The molecule has 0 spiro atoms. The van der Waals surface area contributed by atoms with Gasteiger partial charge in [-0.3, -0.25) is 4.79 Å². The van der Waals surface area contributed by atoms with Crippen molar-refractivity contribution >= 4 is 5.97 Å². The van der Waals surface area contributed by atoms with Gasteiger partial charge in [0.2, 0.25) is 0 Å². The SMILES string of the molecule is CC(C)CCC[C@@H](C)[C@H]1CC[C@H]2[C@@H]3CC=C4C[C@@H](C(CCO)C(=O)O)CC[C@]4(C)[C@H]3CC[C@]12C. The van der Waals surface area contributed by atoms with E-state index in [1.807, 2.05) is 0 Å². The molecule has 3 nitrogen and oxygen atoms in total. The molecule has 0 aliphatic heterocycles.